The minimum Gasteiger partial charge on any atom is -0.166 e. The van der Waals surface area contributed by atoms with Crippen molar-refractivity contribution < 1.29 is 39.5 Å². The van der Waals surface area contributed by atoms with Crippen LogP contribution in [0.2, 0.25) is 0 Å². The van der Waals surface area contributed by atoms with Gasteiger partial charge < -0.3 is 0 Å². The van der Waals surface area contributed by atoms with Gasteiger partial charge in [-0.05, 0) is 29.5 Å². The van der Waals surface area contributed by atoms with Gasteiger partial charge in [-0.15, -0.1) is 0 Å². The van der Waals surface area contributed by atoms with E-state index in [9.17, 15) is 39.5 Å². The molecule has 0 N–H and O–H groups in total. The summed E-state index contributed by atoms with van der Waals surface area (Å²) < 4.78 is 117. The van der Waals surface area contributed by atoms with E-state index in [1.54, 1.807) is 0 Å². The van der Waals surface area contributed by atoms with Gasteiger partial charge in [0.1, 0.15) is 0 Å². The van der Waals surface area contributed by atoms with Crippen LogP contribution in [-0.4, -0.2) is 5.51 Å². The van der Waals surface area contributed by atoms with Crippen molar-refractivity contribution >= 4 is 11.8 Å². The highest BCUT2D eigenvalue weighted by molar-refractivity contribution is 8.00. The van der Waals surface area contributed by atoms with Gasteiger partial charge in [0.15, 0.2) is 0 Å². The second kappa shape index (κ2) is 6.47. The Labute approximate surface area is 139 Å². The third kappa shape index (κ3) is 4.62. The summed E-state index contributed by atoms with van der Waals surface area (Å²) in [5, 5.41) is 0. The van der Waals surface area contributed by atoms with E-state index in [0.29, 0.717) is 6.07 Å². The van der Waals surface area contributed by atoms with Gasteiger partial charge in [0.25, 0.3) is 0 Å². The Kier molecular flexibility index (Phi) is 5.04. The van der Waals surface area contributed by atoms with E-state index in [1.165, 1.54) is 18.2 Å². The lowest BCUT2D eigenvalue weighted by molar-refractivity contribution is -0.161. The molecule has 0 aliphatic rings. The maximum absolute atomic E-state index is 13.3. The Morgan fingerprint density at radius 3 is 1.64 bits per heavy atom. The number of benzene rings is 2. The standard InChI is InChI=1S/C15H7F9S/c16-13(17,18)9-6-7-10(25-15(22,23)24)11(12(9)14(19,20)21)8-4-2-1-3-5-8/h1-7H. The summed E-state index contributed by atoms with van der Waals surface area (Å²) in [5.74, 6) is 0. The van der Waals surface area contributed by atoms with Crippen LogP contribution in [0.3, 0.4) is 0 Å². The molecule has 10 heteroatoms. The predicted octanol–water partition coefficient (Wildman–Crippen LogP) is 7.00. The molecule has 0 aromatic heterocycles. The third-order valence-corrected chi connectivity index (χ3v) is 3.84. The van der Waals surface area contributed by atoms with Crippen LogP contribution in [0.15, 0.2) is 47.4 Å². The van der Waals surface area contributed by atoms with E-state index in [2.05, 4.69) is 0 Å². The number of rotatable bonds is 2. The van der Waals surface area contributed by atoms with Crippen LogP contribution in [0.25, 0.3) is 11.1 Å². The van der Waals surface area contributed by atoms with E-state index < -0.39 is 56.8 Å². The molecule has 0 bridgehead atoms. The van der Waals surface area contributed by atoms with Crippen molar-refractivity contribution in [3.63, 3.8) is 0 Å². The molecule has 0 nitrogen and oxygen atoms in total. The summed E-state index contributed by atoms with van der Waals surface area (Å²) in [6, 6.07) is 6.27. The van der Waals surface area contributed by atoms with Gasteiger partial charge in [0, 0.05) is 10.5 Å². The second-order valence-electron chi connectivity index (χ2n) is 4.77. The summed E-state index contributed by atoms with van der Waals surface area (Å²) in [7, 11) is 0. The zero-order valence-electron chi connectivity index (χ0n) is 11.9. The van der Waals surface area contributed by atoms with E-state index in [1.807, 2.05) is 0 Å². The first-order chi connectivity index (χ1) is 11.3. The lowest BCUT2D eigenvalue weighted by atomic mass is 9.94. The van der Waals surface area contributed by atoms with Gasteiger partial charge in [-0.1, -0.05) is 30.3 Å². The molecule has 0 unspecified atom stereocenters. The summed E-state index contributed by atoms with van der Waals surface area (Å²) in [6.07, 6.45) is -10.9. The smallest absolute Gasteiger partial charge is 0.166 e. The highest BCUT2D eigenvalue weighted by Gasteiger charge is 2.46. The van der Waals surface area contributed by atoms with Gasteiger partial charge >= 0.3 is 17.9 Å². The average Bonchev–Trinajstić information content (AvgIpc) is 2.44. The first-order valence-electron chi connectivity index (χ1n) is 6.43. The molecule has 0 spiro atoms. The Morgan fingerprint density at radius 1 is 0.640 bits per heavy atom. The molecule has 0 heterocycles. The normalized spacial score (nSPS) is 13.2. The molecule has 0 atom stereocenters. The quantitative estimate of drug-likeness (QED) is 0.393. The van der Waals surface area contributed by atoms with Crippen LogP contribution in [-0.2, 0) is 12.4 Å². The van der Waals surface area contributed by atoms with Crippen molar-refractivity contribution in [1.29, 1.82) is 0 Å². The molecule has 0 saturated carbocycles. The van der Waals surface area contributed by atoms with Crippen LogP contribution >= 0.6 is 11.8 Å². The largest absolute Gasteiger partial charge is 0.446 e. The molecule has 0 aliphatic carbocycles. The Bertz CT molecular complexity index is 743. The Balaban J connectivity index is 2.90. The molecule has 0 aliphatic heterocycles. The first kappa shape index (κ1) is 19.5. The minimum absolute atomic E-state index is 0.0172. The molecule has 2 rings (SSSR count). The topological polar surface area (TPSA) is 0 Å². The van der Waals surface area contributed by atoms with Crippen molar-refractivity contribution in [1.82, 2.24) is 0 Å². The molecule has 0 fully saturated rings. The average molecular weight is 390 g/mol. The van der Waals surface area contributed by atoms with Crippen molar-refractivity contribution in [2.24, 2.45) is 0 Å². The van der Waals surface area contributed by atoms with Crippen LogP contribution in [0.4, 0.5) is 39.5 Å². The fourth-order valence-electron chi connectivity index (χ4n) is 2.22. The lowest BCUT2D eigenvalue weighted by Crippen LogP contribution is -2.18. The first-order valence-corrected chi connectivity index (χ1v) is 7.25. The fourth-order valence-corrected chi connectivity index (χ4v) is 2.92. The van der Waals surface area contributed by atoms with E-state index in [0.717, 1.165) is 12.1 Å². The number of hydrogen-bond donors (Lipinski definition) is 0. The molecule has 0 radical (unpaired) electrons. The monoisotopic (exact) mass is 390 g/mol. The molecule has 0 amide bonds. The molecular formula is C15H7F9S. The van der Waals surface area contributed by atoms with Crippen molar-refractivity contribution in [2.45, 2.75) is 22.8 Å². The lowest BCUT2D eigenvalue weighted by Gasteiger charge is -2.22. The second-order valence-corrected chi connectivity index (χ2v) is 5.88. The molecule has 0 saturated heterocycles. The summed E-state index contributed by atoms with van der Waals surface area (Å²) in [5.41, 5.74) is -10.7. The van der Waals surface area contributed by atoms with Crippen LogP contribution in [0.1, 0.15) is 11.1 Å². The van der Waals surface area contributed by atoms with Gasteiger partial charge in [0.05, 0.1) is 11.1 Å². The fraction of sp³-hybridized carbons (Fsp3) is 0.200. The number of hydrogen-bond acceptors (Lipinski definition) is 1. The van der Waals surface area contributed by atoms with Crippen molar-refractivity contribution in [2.75, 3.05) is 0 Å². The number of alkyl halides is 9. The van der Waals surface area contributed by atoms with Crippen molar-refractivity contribution in [3.05, 3.63) is 53.6 Å². The van der Waals surface area contributed by atoms with E-state index in [-0.39, 0.29) is 6.07 Å². The highest BCUT2D eigenvalue weighted by Crippen LogP contribution is 2.50. The Hall–Kier alpha value is -1.84. The molecular weight excluding hydrogens is 383 g/mol. The maximum atomic E-state index is 13.3. The van der Waals surface area contributed by atoms with Crippen LogP contribution in [0.5, 0.6) is 0 Å². The van der Waals surface area contributed by atoms with Crippen LogP contribution < -0.4 is 0 Å². The molecule has 25 heavy (non-hydrogen) atoms. The number of thioether (sulfide) groups is 1. The zero-order chi connectivity index (χ0) is 19.0. The van der Waals surface area contributed by atoms with E-state index in [4.69, 9.17) is 0 Å². The minimum atomic E-state index is -5.50. The molecule has 136 valence electrons. The predicted molar refractivity (Wildman–Crippen MR) is 73.8 cm³/mol. The van der Waals surface area contributed by atoms with Crippen LogP contribution in [0, 0.1) is 0 Å². The SMILES string of the molecule is FC(F)(F)Sc1ccc(C(F)(F)F)c(C(F)(F)F)c1-c1ccccc1. The highest BCUT2D eigenvalue weighted by atomic mass is 32.2. The molecule has 2 aromatic carbocycles. The van der Waals surface area contributed by atoms with Gasteiger partial charge in [-0.2, -0.15) is 39.5 Å². The van der Waals surface area contributed by atoms with E-state index >= 15 is 0 Å². The summed E-state index contributed by atoms with van der Waals surface area (Å²) in [4.78, 5) is -0.959. The van der Waals surface area contributed by atoms with Gasteiger partial charge in [-0.3, -0.25) is 0 Å². The van der Waals surface area contributed by atoms with Gasteiger partial charge in [0.2, 0.25) is 0 Å². The number of halogens is 9. The molecule has 2 aromatic rings. The third-order valence-electron chi connectivity index (χ3n) is 3.04. The Morgan fingerprint density at radius 2 is 1.20 bits per heavy atom. The summed E-state index contributed by atoms with van der Waals surface area (Å²) >= 11 is -0.896. The van der Waals surface area contributed by atoms with Crippen molar-refractivity contribution in [3.8, 4) is 11.1 Å². The summed E-state index contributed by atoms with van der Waals surface area (Å²) in [6.45, 7) is 0. The zero-order valence-corrected chi connectivity index (χ0v) is 12.7. The maximum Gasteiger partial charge on any atom is 0.446 e. The van der Waals surface area contributed by atoms with Gasteiger partial charge in [-0.25, -0.2) is 0 Å².